The van der Waals surface area contributed by atoms with Crippen LogP contribution in [0.4, 0.5) is 5.82 Å². The molecular weight excluding hydrogens is 174 g/mol. The van der Waals surface area contributed by atoms with E-state index in [4.69, 9.17) is 5.73 Å². The van der Waals surface area contributed by atoms with Crippen LogP contribution in [0, 0.1) is 6.92 Å². The summed E-state index contributed by atoms with van der Waals surface area (Å²) in [6.07, 6.45) is 0. The molecule has 0 fully saturated rings. The Kier molecular flexibility index (Phi) is 1.41. The first-order chi connectivity index (χ1) is 5.68. The molecule has 0 bridgehead atoms. The normalized spacial score (nSPS) is 10.8. The molecule has 2 aromatic heterocycles. The van der Waals surface area contributed by atoms with E-state index in [2.05, 4.69) is 9.36 Å². The lowest BCUT2D eigenvalue weighted by Gasteiger charge is -1.94. The third-order valence-electron chi connectivity index (χ3n) is 1.67. The number of H-pyrrole nitrogens is 1. The Morgan fingerprint density at radius 2 is 2.42 bits per heavy atom. The van der Waals surface area contributed by atoms with E-state index in [1.807, 2.05) is 6.92 Å². The van der Waals surface area contributed by atoms with Gasteiger partial charge in [0.25, 0.3) is 5.56 Å². The zero-order valence-electron chi connectivity index (χ0n) is 6.42. The number of hydrogen-bond donors (Lipinski definition) is 2. The monoisotopic (exact) mass is 181 g/mol. The zero-order chi connectivity index (χ0) is 8.72. The molecule has 12 heavy (non-hydrogen) atoms. The van der Waals surface area contributed by atoms with Gasteiger partial charge >= 0.3 is 0 Å². The second kappa shape index (κ2) is 2.31. The summed E-state index contributed by atoms with van der Waals surface area (Å²) < 4.78 is 2.61. The van der Waals surface area contributed by atoms with Crippen molar-refractivity contribution < 1.29 is 0 Å². The summed E-state index contributed by atoms with van der Waals surface area (Å²) in [5.41, 5.74) is 6.31. The number of aryl methyl sites for hydroxylation is 1. The van der Waals surface area contributed by atoms with Gasteiger partial charge in [-0.25, -0.2) is 4.98 Å². The van der Waals surface area contributed by atoms with Gasteiger partial charge in [-0.05, 0) is 30.1 Å². The third kappa shape index (κ3) is 0.902. The Morgan fingerprint density at radius 3 is 3.17 bits per heavy atom. The predicted molar refractivity (Wildman–Crippen MR) is 49.4 cm³/mol. The molecule has 0 saturated carbocycles. The fourth-order valence-corrected chi connectivity index (χ4v) is 1.96. The van der Waals surface area contributed by atoms with Crippen LogP contribution in [-0.2, 0) is 0 Å². The highest BCUT2D eigenvalue weighted by Gasteiger charge is 2.06. The zero-order valence-corrected chi connectivity index (χ0v) is 7.23. The van der Waals surface area contributed by atoms with Crippen molar-refractivity contribution in [2.24, 2.45) is 0 Å². The Morgan fingerprint density at radius 1 is 1.67 bits per heavy atom. The van der Waals surface area contributed by atoms with Crippen molar-refractivity contribution in [1.82, 2.24) is 9.36 Å². The van der Waals surface area contributed by atoms with Gasteiger partial charge in [-0.3, -0.25) is 9.17 Å². The van der Waals surface area contributed by atoms with Gasteiger partial charge in [-0.1, -0.05) is 0 Å². The van der Waals surface area contributed by atoms with E-state index < -0.39 is 0 Å². The fourth-order valence-electron chi connectivity index (χ4n) is 1.16. The molecule has 0 aliphatic heterocycles. The van der Waals surface area contributed by atoms with Crippen LogP contribution in [0.5, 0.6) is 0 Å². The molecule has 62 valence electrons. The lowest BCUT2D eigenvalue weighted by atomic mass is 10.2. The van der Waals surface area contributed by atoms with E-state index in [1.54, 1.807) is 6.07 Å². The van der Waals surface area contributed by atoms with E-state index in [9.17, 15) is 4.79 Å². The van der Waals surface area contributed by atoms with Gasteiger partial charge in [0.2, 0.25) is 0 Å². The molecule has 0 saturated heterocycles. The Balaban J connectivity index is 3.03. The molecule has 4 nitrogen and oxygen atoms in total. The van der Waals surface area contributed by atoms with Gasteiger partial charge in [0, 0.05) is 0 Å². The van der Waals surface area contributed by atoms with E-state index >= 15 is 0 Å². The Labute approximate surface area is 72.2 Å². The highest BCUT2D eigenvalue weighted by Crippen LogP contribution is 2.17. The molecule has 3 N–H and O–H groups in total. The summed E-state index contributed by atoms with van der Waals surface area (Å²) in [6.45, 7) is 1.85. The van der Waals surface area contributed by atoms with Gasteiger partial charge in [-0.15, -0.1) is 0 Å². The number of nitrogens with two attached hydrogens (primary N) is 1. The van der Waals surface area contributed by atoms with Crippen LogP contribution in [0.2, 0.25) is 0 Å². The molecule has 0 aliphatic carbocycles. The minimum absolute atomic E-state index is 0.0833. The van der Waals surface area contributed by atoms with Gasteiger partial charge in [0.05, 0.1) is 5.39 Å². The lowest BCUT2D eigenvalue weighted by Crippen LogP contribution is -2.00. The summed E-state index contributed by atoms with van der Waals surface area (Å²) in [6, 6.07) is 1.70. The van der Waals surface area contributed by atoms with Gasteiger partial charge in [0.1, 0.15) is 10.6 Å². The molecule has 0 spiro atoms. The molecular formula is C7H7N3OS. The first-order valence-electron chi connectivity index (χ1n) is 3.43. The minimum atomic E-state index is -0.0833. The average Bonchev–Trinajstić information content (AvgIpc) is 2.31. The van der Waals surface area contributed by atoms with Crippen LogP contribution in [0.1, 0.15) is 5.56 Å². The van der Waals surface area contributed by atoms with Crippen molar-refractivity contribution in [3.63, 3.8) is 0 Å². The third-order valence-corrected chi connectivity index (χ3v) is 2.45. The van der Waals surface area contributed by atoms with Crippen LogP contribution in [0.3, 0.4) is 0 Å². The quantitative estimate of drug-likeness (QED) is 0.633. The van der Waals surface area contributed by atoms with Gasteiger partial charge in [0.15, 0.2) is 0 Å². The summed E-state index contributed by atoms with van der Waals surface area (Å²) in [5, 5.41) is 0.647. The maximum atomic E-state index is 11.2. The first-order valence-corrected chi connectivity index (χ1v) is 4.24. The number of hydrogen-bond acceptors (Lipinski definition) is 4. The molecule has 0 aromatic carbocycles. The van der Waals surface area contributed by atoms with E-state index in [-0.39, 0.29) is 5.56 Å². The number of anilines is 1. The number of fused-ring (bicyclic) bond motifs is 1. The maximum Gasteiger partial charge on any atom is 0.267 e. The second-order valence-electron chi connectivity index (χ2n) is 2.58. The minimum Gasteiger partial charge on any atom is -0.384 e. The standard InChI is InChI=1S/C7H7N3OS/c1-3-2-4(8)9-7-5(3)6(11)10-12-7/h2H,1H3,(H2,8,9)(H,10,11). The lowest BCUT2D eigenvalue weighted by molar-refractivity contribution is 1.38. The molecule has 2 aromatic rings. The van der Waals surface area contributed by atoms with Crippen molar-refractivity contribution >= 4 is 27.6 Å². The first kappa shape index (κ1) is 7.30. The number of aromatic nitrogens is 2. The number of nitrogen functional groups attached to an aromatic ring is 1. The average molecular weight is 181 g/mol. The smallest absolute Gasteiger partial charge is 0.267 e. The van der Waals surface area contributed by atoms with Crippen molar-refractivity contribution in [3.05, 3.63) is 22.0 Å². The molecule has 0 aliphatic rings. The van der Waals surface area contributed by atoms with Crippen molar-refractivity contribution in [1.29, 1.82) is 0 Å². The predicted octanol–water partition coefficient (Wildman–Crippen LogP) is 0.875. The van der Waals surface area contributed by atoms with Crippen LogP contribution in [0.15, 0.2) is 10.9 Å². The number of nitrogens with one attached hydrogen (secondary N) is 1. The maximum absolute atomic E-state index is 11.2. The van der Waals surface area contributed by atoms with E-state index in [0.717, 1.165) is 5.56 Å². The SMILES string of the molecule is Cc1cc(N)nc2s[nH]c(=O)c12. The van der Waals surface area contributed by atoms with Crippen molar-refractivity contribution in [2.45, 2.75) is 6.92 Å². The molecule has 0 atom stereocenters. The van der Waals surface area contributed by atoms with E-state index in [0.29, 0.717) is 16.0 Å². The van der Waals surface area contributed by atoms with Crippen LogP contribution in [0.25, 0.3) is 10.2 Å². The molecule has 2 rings (SSSR count). The van der Waals surface area contributed by atoms with Crippen molar-refractivity contribution in [3.8, 4) is 0 Å². The summed E-state index contributed by atoms with van der Waals surface area (Å²) in [5.74, 6) is 0.454. The fraction of sp³-hybridized carbons (Fsp3) is 0.143. The van der Waals surface area contributed by atoms with Crippen LogP contribution in [-0.4, -0.2) is 9.36 Å². The van der Waals surface area contributed by atoms with Crippen molar-refractivity contribution in [2.75, 3.05) is 5.73 Å². The Hall–Kier alpha value is -1.36. The van der Waals surface area contributed by atoms with E-state index in [1.165, 1.54) is 11.5 Å². The number of aromatic amines is 1. The molecule has 2 heterocycles. The highest BCUT2D eigenvalue weighted by molar-refractivity contribution is 7.12. The molecule has 0 unspecified atom stereocenters. The summed E-state index contributed by atoms with van der Waals surface area (Å²) in [7, 11) is 0. The van der Waals surface area contributed by atoms with Gasteiger partial charge < -0.3 is 5.73 Å². The number of nitrogens with zero attached hydrogens (tertiary/aromatic N) is 1. The summed E-state index contributed by atoms with van der Waals surface area (Å²) >= 11 is 1.21. The highest BCUT2D eigenvalue weighted by atomic mass is 32.1. The number of rotatable bonds is 0. The molecule has 0 radical (unpaired) electrons. The Bertz CT molecular complexity index is 485. The summed E-state index contributed by atoms with van der Waals surface area (Å²) in [4.78, 5) is 15.9. The largest absolute Gasteiger partial charge is 0.384 e. The van der Waals surface area contributed by atoms with Crippen LogP contribution >= 0.6 is 11.5 Å². The molecule has 0 amide bonds. The van der Waals surface area contributed by atoms with Crippen LogP contribution < -0.4 is 11.3 Å². The number of pyridine rings is 1. The molecule has 5 heteroatoms. The van der Waals surface area contributed by atoms with Gasteiger partial charge in [-0.2, -0.15) is 0 Å². The second-order valence-corrected chi connectivity index (χ2v) is 3.37. The topological polar surface area (TPSA) is 71.8 Å².